The van der Waals surface area contributed by atoms with E-state index >= 15 is 0 Å². The average Bonchev–Trinajstić information content (AvgIpc) is 2.49. The second kappa shape index (κ2) is 8.86. The van der Waals surface area contributed by atoms with Crippen LogP contribution in [0.5, 0.6) is 11.5 Å². The van der Waals surface area contributed by atoms with Crippen molar-refractivity contribution in [3.63, 3.8) is 0 Å². The van der Waals surface area contributed by atoms with Crippen LogP contribution in [0.25, 0.3) is 0 Å². The Kier molecular flexibility index (Phi) is 7.48. The second-order valence-corrected chi connectivity index (χ2v) is 5.08. The van der Waals surface area contributed by atoms with Gasteiger partial charge in [-0.1, -0.05) is 0 Å². The van der Waals surface area contributed by atoms with Gasteiger partial charge < -0.3 is 19.7 Å². The van der Waals surface area contributed by atoms with E-state index in [0.29, 0.717) is 30.3 Å². The molecule has 1 aromatic carbocycles. The van der Waals surface area contributed by atoms with Gasteiger partial charge in [-0.05, 0) is 39.0 Å². The first-order valence-electron chi connectivity index (χ1n) is 7.58. The topological polar surface area (TPSA) is 50.8 Å². The predicted molar refractivity (Wildman–Crippen MR) is 89.4 cm³/mol. The van der Waals surface area contributed by atoms with Crippen molar-refractivity contribution >= 4 is 18.3 Å². The molecule has 1 saturated heterocycles. The van der Waals surface area contributed by atoms with Crippen molar-refractivity contribution in [1.82, 2.24) is 10.2 Å². The zero-order valence-electron chi connectivity index (χ0n) is 13.4. The zero-order valence-corrected chi connectivity index (χ0v) is 14.2. The lowest BCUT2D eigenvalue weighted by Crippen LogP contribution is -2.52. The van der Waals surface area contributed by atoms with Crippen LogP contribution in [0.15, 0.2) is 18.2 Å². The Morgan fingerprint density at radius 3 is 2.59 bits per heavy atom. The standard InChI is InChI=1S/C16H24N2O3.ClH/c1-4-20-14-7-6-13(10-15(14)21-5-2)16(19)18-9-8-17-11-12(18)3;/h6-7,10,12,17H,4-5,8-9,11H2,1-3H3;1H/t12-;/m1./s1. The quantitative estimate of drug-likeness (QED) is 0.901. The summed E-state index contributed by atoms with van der Waals surface area (Å²) in [6.45, 7) is 9.43. The molecule has 0 aliphatic carbocycles. The minimum absolute atomic E-state index is 0. The Hall–Kier alpha value is -1.46. The highest BCUT2D eigenvalue weighted by molar-refractivity contribution is 5.95. The largest absolute Gasteiger partial charge is 0.490 e. The monoisotopic (exact) mass is 328 g/mol. The molecule has 1 heterocycles. The number of hydrogen-bond donors (Lipinski definition) is 1. The lowest BCUT2D eigenvalue weighted by Gasteiger charge is -2.34. The van der Waals surface area contributed by atoms with Crippen LogP contribution >= 0.6 is 12.4 Å². The molecule has 5 nitrogen and oxygen atoms in total. The van der Waals surface area contributed by atoms with E-state index in [1.165, 1.54) is 0 Å². The lowest BCUT2D eigenvalue weighted by molar-refractivity contribution is 0.0655. The van der Waals surface area contributed by atoms with Crippen molar-refractivity contribution < 1.29 is 14.3 Å². The maximum atomic E-state index is 12.6. The molecule has 1 aromatic rings. The molecule has 1 aliphatic rings. The molecule has 0 aromatic heterocycles. The van der Waals surface area contributed by atoms with Gasteiger partial charge in [0.05, 0.1) is 13.2 Å². The predicted octanol–water partition coefficient (Wildman–Crippen LogP) is 2.34. The summed E-state index contributed by atoms with van der Waals surface area (Å²) in [6, 6.07) is 5.61. The van der Waals surface area contributed by atoms with Gasteiger partial charge in [-0.15, -0.1) is 12.4 Å². The van der Waals surface area contributed by atoms with Gasteiger partial charge in [0.1, 0.15) is 0 Å². The van der Waals surface area contributed by atoms with Gasteiger partial charge >= 0.3 is 0 Å². The molecule has 0 saturated carbocycles. The van der Waals surface area contributed by atoms with Gasteiger partial charge in [-0.2, -0.15) is 0 Å². The van der Waals surface area contributed by atoms with Crippen LogP contribution < -0.4 is 14.8 Å². The van der Waals surface area contributed by atoms with Crippen molar-refractivity contribution in [1.29, 1.82) is 0 Å². The lowest BCUT2D eigenvalue weighted by atomic mass is 10.1. The first kappa shape index (κ1) is 18.6. The third kappa shape index (κ3) is 4.27. The first-order valence-corrected chi connectivity index (χ1v) is 7.58. The number of piperazine rings is 1. The number of rotatable bonds is 5. The molecule has 1 N–H and O–H groups in total. The third-order valence-electron chi connectivity index (χ3n) is 3.55. The summed E-state index contributed by atoms with van der Waals surface area (Å²) in [5, 5.41) is 3.29. The molecule has 0 bridgehead atoms. The average molecular weight is 329 g/mol. The Morgan fingerprint density at radius 2 is 1.95 bits per heavy atom. The minimum Gasteiger partial charge on any atom is -0.490 e. The van der Waals surface area contributed by atoms with E-state index in [2.05, 4.69) is 12.2 Å². The molecule has 1 amide bonds. The van der Waals surface area contributed by atoms with E-state index in [1.807, 2.05) is 30.9 Å². The molecular formula is C16H25ClN2O3. The van der Waals surface area contributed by atoms with Crippen LogP contribution in [0.4, 0.5) is 0 Å². The summed E-state index contributed by atoms with van der Waals surface area (Å²) in [7, 11) is 0. The van der Waals surface area contributed by atoms with Crippen molar-refractivity contribution in [3.8, 4) is 11.5 Å². The van der Waals surface area contributed by atoms with Crippen LogP contribution in [0.2, 0.25) is 0 Å². The van der Waals surface area contributed by atoms with Gasteiger partial charge in [0.2, 0.25) is 0 Å². The summed E-state index contributed by atoms with van der Waals surface area (Å²) < 4.78 is 11.1. The fourth-order valence-electron chi connectivity index (χ4n) is 2.49. The van der Waals surface area contributed by atoms with E-state index in [0.717, 1.165) is 19.6 Å². The summed E-state index contributed by atoms with van der Waals surface area (Å²) >= 11 is 0. The van der Waals surface area contributed by atoms with Crippen LogP contribution in [-0.2, 0) is 0 Å². The Bertz CT molecular complexity index is 496. The molecule has 2 rings (SSSR count). The number of amides is 1. The Balaban J connectivity index is 0.00000242. The normalized spacial score (nSPS) is 17.6. The number of halogens is 1. The minimum atomic E-state index is 0. The molecule has 6 heteroatoms. The smallest absolute Gasteiger partial charge is 0.254 e. The van der Waals surface area contributed by atoms with Crippen LogP contribution in [0.1, 0.15) is 31.1 Å². The molecular weight excluding hydrogens is 304 g/mol. The molecule has 1 atom stereocenters. The number of nitrogens with zero attached hydrogens (tertiary/aromatic N) is 1. The highest BCUT2D eigenvalue weighted by Crippen LogP contribution is 2.29. The molecule has 0 radical (unpaired) electrons. The SMILES string of the molecule is CCOc1ccc(C(=O)N2CCNC[C@H]2C)cc1OCC.Cl. The van der Waals surface area contributed by atoms with Gasteiger partial charge in [-0.25, -0.2) is 0 Å². The van der Waals surface area contributed by atoms with Crippen molar-refractivity contribution in [2.45, 2.75) is 26.8 Å². The fraction of sp³-hybridized carbons (Fsp3) is 0.562. The molecule has 22 heavy (non-hydrogen) atoms. The summed E-state index contributed by atoms with van der Waals surface area (Å²) in [6.07, 6.45) is 0. The number of ether oxygens (including phenoxy) is 2. The van der Waals surface area contributed by atoms with E-state index in [-0.39, 0.29) is 24.4 Å². The number of hydrogen-bond acceptors (Lipinski definition) is 4. The molecule has 1 aliphatic heterocycles. The summed E-state index contributed by atoms with van der Waals surface area (Å²) in [5.41, 5.74) is 0.649. The molecule has 1 fully saturated rings. The molecule has 124 valence electrons. The summed E-state index contributed by atoms with van der Waals surface area (Å²) in [5.74, 6) is 1.37. The number of nitrogens with one attached hydrogen (secondary N) is 1. The van der Waals surface area contributed by atoms with Crippen LogP contribution in [0, 0.1) is 0 Å². The van der Waals surface area contributed by atoms with Crippen LogP contribution in [0.3, 0.4) is 0 Å². The van der Waals surface area contributed by atoms with E-state index in [9.17, 15) is 4.79 Å². The van der Waals surface area contributed by atoms with Crippen molar-refractivity contribution in [2.24, 2.45) is 0 Å². The van der Waals surface area contributed by atoms with Crippen molar-refractivity contribution in [3.05, 3.63) is 23.8 Å². The van der Waals surface area contributed by atoms with Crippen molar-refractivity contribution in [2.75, 3.05) is 32.8 Å². The van der Waals surface area contributed by atoms with E-state index < -0.39 is 0 Å². The second-order valence-electron chi connectivity index (χ2n) is 5.08. The van der Waals surface area contributed by atoms with Crippen LogP contribution in [-0.4, -0.2) is 49.7 Å². The number of benzene rings is 1. The fourth-order valence-corrected chi connectivity index (χ4v) is 2.49. The van der Waals surface area contributed by atoms with E-state index in [1.54, 1.807) is 6.07 Å². The first-order chi connectivity index (χ1) is 10.2. The Morgan fingerprint density at radius 1 is 1.27 bits per heavy atom. The van der Waals surface area contributed by atoms with Gasteiger partial charge in [-0.3, -0.25) is 4.79 Å². The van der Waals surface area contributed by atoms with Gasteiger partial charge in [0.25, 0.3) is 5.91 Å². The highest BCUT2D eigenvalue weighted by atomic mass is 35.5. The maximum Gasteiger partial charge on any atom is 0.254 e. The van der Waals surface area contributed by atoms with Gasteiger partial charge in [0, 0.05) is 31.2 Å². The maximum absolute atomic E-state index is 12.6. The van der Waals surface area contributed by atoms with E-state index in [4.69, 9.17) is 9.47 Å². The van der Waals surface area contributed by atoms with Gasteiger partial charge in [0.15, 0.2) is 11.5 Å². The highest BCUT2D eigenvalue weighted by Gasteiger charge is 2.24. The third-order valence-corrected chi connectivity index (χ3v) is 3.55. The molecule has 0 spiro atoms. The zero-order chi connectivity index (χ0) is 15.2. The molecule has 0 unspecified atom stereocenters. The number of carbonyl (C=O) groups is 1. The summed E-state index contributed by atoms with van der Waals surface area (Å²) in [4.78, 5) is 14.5. The Labute approximate surface area is 138 Å². The number of carbonyl (C=O) groups excluding carboxylic acids is 1.